The fourth-order valence-electron chi connectivity index (χ4n) is 2.13. The molecule has 0 aromatic heterocycles. The number of rotatable bonds is 5. The van der Waals surface area contributed by atoms with Crippen molar-refractivity contribution in [2.24, 2.45) is 0 Å². The smallest absolute Gasteiger partial charge is 0.251 e. The largest absolute Gasteiger partial charge is 0.355 e. The summed E-state index contributed by atoms with van der Waals surface area (Å²) in [6.07, 6.45) is 0. The number of hydrogen-bond acceptors (Lipinski definition) is 2. The summed E-state index contributed by atoms with van der Waals surface area (Å²) >= 11 is 3.57. The van der Waals surface area contributed by atoms with Gasteiger partial charge in [-0.3, -0.25) is 4.79 Å². The summed E-state index contributed by atoms with van der Waals surface area (Å²) in [5.74, 6) is -0.0592. The van der Waals surface area contributed by atoms with Crippen molar-refractivity contribution >= 4 is 21.8 Å². The van der Waals surface area contributed by atoms with Gasteiger partial charge in [0.2, 0.25) is 0 Å². The monoisotopic (exact) mass is 346 g/mol. The van der Waals surface area contributed by atoms with E-state index in [0.29, 0.717) is 5.56 Å². The van der Waals surface area contributed by atoms with E-state index in [9.17, 15) is 4.79 Å². The van der Waals surface area contributed by atoms with Crippen molar-refractivity contribution in [2.75, 3.05) is 7.05 Å². The number of benzene rings is 2. The van der Waals surface area contributed by atoms with E-state index in [2.05, 4.69) is 39.6 Å². The lowest BCUT2D eigenvalue weighted by atomic mass is 10.1. The molecule has 0 aliphatic heterocycles. The van der Waals surface area contributed by atoms with Crippen LogP contribution in [0.3, 0.4) is 0 Å². The quantitative estimate of drug-likeness (QED) is 0.867. The minimum atomic E-state index is -0.0592. The minimum absolute atomic E-state index is 0.0592. The van der Waals surface area contributed by atoms with Gasteiger partial charge in [-0.2, -0.15) is 0 Å². The SMILES string of the molecule is CNC(=O)c1ccc(CN[C@@H](C)c2ccccc2Br)cc1. The van der Waals surface area contributed by atoms with Crippen LogP contribution < -0.4 is 10.6 Å². The number of carbonyl (C=O) groups excluding carboxylic acids is 1. The Balaban J connectivity index is 1.97. The Morgan fingerprint density at radius 2 is 1.81 bits per heavy atom. The van der Waals surface area contributed by atoms with Gasteiger partial charge in [-0.1, -0.05) is 46.3 Å². The Hall–Kier alpha value is -1.65. The topological polar surface area (TPSA) is 41.1 Å². The average Bonchev–Trinajstić information content (AvgIpc) is 2.52. The summed E-state index contributed by atoms with van der Waals surface area (Å²) in [6.45, 7) is 2.90. The maximum absolute atomic E-state index is 11.5. The van der Waals surface area contributed by atoms with Crippen LogP contribution in [0.15, 0.2) is 53.0 Å². The second kappa shape index (κ2) is 7.38. The van der Waals surface area contributed by atoms with Crippen molar-refractivity contribution < 1.29 is 4.79 Å². The lowest BCUT2D eigenvalue weighted by Crippen LogP contribution is -2.19. The lowest BCUT2D eigenvalue weighted by Gasteiger charge is -2.16. The van der Waals surface area contributed by atoms with Gasteiger partial charge in [0.05, 0.1) is 0 Å². The summed E-state index contributed by atoms with van der Waals surface area (Å²) in [4.78, 5) is 11.5. The van der Waals surface area contributed by atoms with Crippen LogP contribution in [0, 0.1) is 0 Å². The molecule has 2 N–H and O–H groups in total. The molecule has 4 heteroatoms. The van der Waals surface area contributed by atoms with E-state index in [1.54, 1.807) is 7.05 Å². The van der Waals surface area contributed by atoms with E-state index in [-0.39, 0.29) is 11.9 Å². The Bertz CT molecular complexity index is 610. The predicted octanol–water partition coefficient (Wildman–Crippen LogP) is 3.66. The first-order valence-electron chi connectivity index (χ1n) is 6.90. The fraction of sp³-hybridized carbons (Fsp3) is 0.235. The molecule has 0 aliphatic rings. The van der Waals surface area contributed by atoms with Crippen molar-refractivity contribution in [1.82, 2.24) is 10.6 Å². The molecule has 0 heterocycles. The second-order valence-corrected chi connectivity index (χ2v) is 5.75. The summed E-state index contributed by atoms with van der Waals surface area (Å²) in [5.41, 5.74) is 3.07. The normalized spacial score (nSPS) is 12.0. The number of nitrogens with one attached hydrogen (secondary N) is 2. The Morgan fingerprint density at radius 1 is 1.14 bits per heavy atom. The first kappa shape index (κ1) is 15.7. The molecule has 0 aliphatic carbocycles. The Kier molecular flexibility index (Phi) is 5.53. The highest BCUT2D eigenvalue weighted by atomic mass is 79.9. The van der Waals surface area contributed by atoms with Crippen LogP contribution in [-0.2, 0) is 6.54 Å². The van der Waals surface area contributed by atoms with Gasteiger partial charge in [0.25, 0.3) is 5.91 Å². The van der Waals surface area contributed by atoms with Crippen molar-refractivity contribution in [2.45, 2.75) is 19.5 Å². The van der Waals surface area contributed by atoms with E-state index in [1.165, 1.54) is 5.56 Å². The van der Waals surface area contributed by atoms with Crippen LogP contribution >= 0.6 is 15.9 Å². The fourth-order valence-corrected chi connectivity index (χ4v) is 2.75. The van der Waals surface area contributed by atoms with Crippen molar-refractivity contribution in [3.05, 3.63) is 69.7 Å². The molecule has 2 rings (SSSR count). The van der Waals surface area contributed by atoms with Gasteiger partial charge in [0.15, 0.2) is 0 Å². The molecule has 0 saturated heterocycles. The molecule has 0 fully saturated rings. The summed E-state index contributed by atoms with van der Waals surface area (Å²) < 4.78 is 1.11. The molecule has 110 valence electrons. The first-order valence-corrected chi connectivity index (χ1v) is 7.70. The zero-order valence-electron chi connectivity index (χ0n) is 12.2. The zero-order chi connectivity index (χ0) is 15.2. The van der Waals surface area contributed by atoms with Gasteiger partial charge in [-0.05, 0) is 36.2 Å². The Labute approximate surface area is 133 Å². The molecular formula is C17H19BrN2O. The summed E-state index contributed by atoms with van der Waals surface area (Å²) in [5, 5.41) is 6.11. The third-order valence-electron chi connectivity index (χ3n) is 3.43. The zero-order valence-corrected chi connectivity index (χ0v) is 13.8. The van der Waals surface area contributed by atoms with Gasteiger partial charge in [0, 0.05) is 29.7 Å². The highest BCUT2D eigenvalue weighted by Gasteiger charge is 2.08. The number of amides is 1. The average molecular weight is 347 g/mol. The molecule has 0 unspecified atom stereocenters. The number of halogens is 1. The highest BCUT2D eigenvalue weighted by Crippen LogP contribution is 2.22. The molecule has 3 nitrogen and oxygen atoms in total. The van der Waals surface area contributed by atoms with Gasteiger partial charge in [-0.25, -0.2) is 0 Å². The van der Waals surface area contributed by atoms with Crippen LogP contribution in [0.1, 0.15) is 34.5 Å². The maximum atomic E-state index is 11.5. The Morgan fingerprint density at radius 3 is 2.43 bits per heavy atom. The molecule has 1 amide bonds. The van der Waals surface area contributed by atoms with Crippen LogP contribution in [0.25, 0.3) is 0 Å². The van der Waals surface area contributed by atoms with E-state index in [1.807, 2.05) is 42.5 Å². The van der Waals surface area contributed by atoms with Crippen LogP contribution in [0.4, 0.5) is 0 Å². The van der Waals surface area contributed by atoms with Crippen molar-refractivity contribution in [3.63, 3.8) is 0 Å². The van der Waals surface area contributed by atoms with E-state index in [4.69, 9.17) is 0 Å². The van der Waals surface area contributed by atoms with Crippen LogP contribution in [0.2, 0.25) is 0 Å². The molecule has 2 aromatic carbocycles. The summed E-state index contributed by atoms with van der Waals surface area (Å²) in [7, 11) is 1.64. The molecule has 1 atom stereocenters. The third kappa shape index (κ3) is 4.16. The highest BCUT2D eigenvalue weighted by molar-refractivity contribution is 9.10. The third-order valence-corrected chi connectivity index (χ3v) is 4.15. The predicted molar refractivity (Wildman–Crippen MR) is 89.2 cm³/mol. The number of carbonyl (C=O) groups is 1. The molecule has 21 heavy (non-hydrogen) atoms. The van der Waals surface area contributed by atoms with Gasteiger partial charge in [0.1, 0.15) is 0 Å². The maximum Gasteiger partial charge on any atom is 0.251 e. The lowest BCUT2D eigenvalue weighted by molar-refractivity contribution is 0.0963. The van der Waals surface area contributed by atoms with E-state index < -0.39 is 0 Å². The van der Waals surface area contributed by atoms with E-state index in [0.717, 1.165) is 16.6 Å². The van der Waals surface area contributed by atoms with Gasteiger partial charge in [-0.15, -0.1) is 0 Å². The standard InChI is InChI=1S/C17H19BrN2O/c1-12(15-5-3-4-6-16(15)18)20-11-13-7-9-14(10-8-13)17(21)19-2/h3-10,12,20H,11H2,1-2H3,(H,19,21)/t12-/m0/s1. The second-order valence-electron chi connectivity index (χ2n) is 4.90. The first-order chi connectivity index (χ1) is 10.1. The molecule has 0 radical (unpaired) electrons. The van der Waals surface area contributed by atoms with Crippen LogP contribution in [0.5, 0.6) is 0 Å². The van der Waals surface area contributed by atoms with Crippen molar-refractivity contribution in [3.8, 4) is 0 Å². The van der Waals surface area contributed by atoms with Gasteiger partial charge < -0.3 is 10.6 Å². The summed E-state index contributed by atoms with van der Waals surface area (Å²) in [6, 6.07) is 16.1. The van der Waals surface area contributed by atoms with Crippen molar-refractivity contribution in [1.29, 1.82) is 0 Å². The molecule has 0 bridgehead atoms. The van der Waals surface area contributed by atoms with Crippen LogP contribution in [-0.4, -0.2) is 13.0 Å². The molecular weight excluding hydrogens is 328 g/mol. The van der Waals surface area contributed by atoms with E-state index >= 15 is 0 Å². The molecule has 2 aromatic rings. The minimum Gasteiger partial charge on any atom is -0.355 e. The number of hydrogen-bond donors (Lipinski definition) is 2. The molecule has 0 saturated carbocycles. The van der Waals surface area contributed by atoms with Gasteiger partial charge >= 0.3 is 0 Å². The molecule has 0 spiro atoms.